The van der Waals surface area contributed by atoms with E-state index in [0.29, 0.717) is 9.23 Å². The van der Waals surface area contributed by atoms with Gasteiger partial charge in [-0.05, 0) is 24.3 Å². The van der Waals surface area contributed by atoms with Crippen molar-refractivity contribution >= 4 is 56.2 Å². The molecule has 1 aliphatic rings. The maximum atomic E-state index is 11.9. The summed E-state index contributed by atoms with van der Waals surface area (Å²) < 4.78 is 6.77. The molecule has 0 N–H and O–H groups in total. The van der Waals surface area contributed by atoms with Gasteiger partial charge in [-0.1, -0.05) is 39.9 Å². The van der Waals surface area contributed by atoms with Crippen LogP contribution in [-0.4, -0.2) is 29.3 Å². The summed E-state index contributed by atoms with van der Waals surface area (Å²) in [5.74, 6) is 0.645. The van der Waals surface area contributed by atoms with Gasteiger partial charge in [-0.25, -0.2) is 0 Å². The molecule has 94 valence electrons. The number of methoxy groups -OCH3 is 1. The van der Waals surface area contributed by atoms with E-state index in [1.54, 1.807) is 20.2 Å². The minimum atomic E-state index is -0.0768. The van der Waals surface area contributed by atoms with Crippen molar-refractivity contribution in [1.29, 1.82) is 0 Å². The van der Waals surface area contributed by atoms with Crippen LogP contribution in [0.15, 0.2) is 27.6 Å². The number of carbonyl (C=O) groups excluding carboxylic acids is 1. The molecule has 6 heteroatoms. The van der Waals surface area contributed by atoms with Gasteiger partial charge in [0.25, 0.3) is 5.91 Å². The van der Waals surface area contributed by atoms with Crippen molar-refractivity contribution in [3.8, 4) is 5.75 Å². The van der Waals surface area contributed by atoms with Gasteiger partial charge in [-0.2, -0.15) is 0 Å². The third-order valence-electron chi connectivity index (χ3n) is 2.46. The largest absolute Gasteiger partial charge is 0.496 e. The van der Waals surface area contributed by atoms with Gasteiger partial charge in [-0.3, -0.25) is 9.69 Å². The fourth-order valence-electron chi connectivity index (χ4n) is 1.50. The molecule has 0 unspecified atom stereocenters. The Labute approximate surface area is 123 Å². The zero-order chi connectivity index (χ0) is 13.3. The number of thioether (sulfide) groups is 1. The van der Waals surface area contributed by atoms with Crippen LogP contribution in [0.3, 0.4) is 0 Å². The van der Waals surface area contributed by atoms with Gasteiger partial charge in [0.15, 0.2) is 0 Å². The molecule has 0 spiro atoms. The highest BCUT2D eigenvalue weighted by atomic mass is 79.9. The lowest BCUT2D eigenvalue weighted by Gasteiger charge is -2.06. The molecule has 18 heavy (non-hydrogen) atoms. The van der Waals surface area contributed by atoms with Crippen molar-refractivity contribution in [1.82, 2.24) is 4.90 Å². The predicted octanol–water partition coefficient (Wildman–Crippen LogP) is 3.29. The number of benzene rings is 1. The van der Waals surface area contributed by atoms with E-state index in [-0.39, 0.29) is 5.91 Å². The number of carbonyl (C=O) groups is 1. The monoisotopic (exact) mass is 343 g/mol. The van der Waals surface area contributed by atoms with Crippen LogP contribution >= 0.6 is 39.9 Å². The van der Waals surface area contributed by atoms with E-state index < -0.39 is 0 Å². The molecule has 2 rings (SSSR count). The predicted molar refractivity (Wildman–Crippen MR) is 81.6 cm³/mol. The van der Waals surface area contributed by atoms with Crippen molar-refractivity contribution in [3.63, 3.8) is 0 Å². The Kier molecular flexibility index (Phi) is 4.09. The Balaban J connectivity index is 2.42. The van der Waals surface area contributed by atoms with Crippen molar-refractivity contribution in [2.45, 2.75) is 0 Å². The second kappa shape index (κ2) is 5.42. The van der Waals surface area contributed by atoms with Crippen LogP contribution in [-0.2, 0) is 4.79 Å². The molecular formula is C12H10BrNO2S2. The topological polar surface area (TPSA) is 29.5 Å². The van der Waals surface area contributed by atoms with E-state index in [9.17, 15) is 4.79 Å². The standard InChI is InChI=1S/C12H10BrNO2S2/c1-14-11(15)10(18-12(14)17)6-7-5-8(13)3-4-9(7)16-2/h3-6H,1-2H3. The maximum Gasteiger partial charge on any atom is 0.265 e. The molecule has 1 aromatic rings. The van der Waals surface area contributed by atoms with Crippen LogP contribution < -0.4 is 4.74 Å². The summed E-state index contributed by atoms with van der Waals surface area (Å²) in [5, 5.41) is 0. The van der Waals surface area contributed by atoms with Gasteiger partial charge in [0.1, 0.15) is 10.1 Å². The van der Waals surface area contributed by atoms with E-state index in [2.05, 4.69) is 15.9 Å². The van der Waals surface area contributed by atoms with Gasteiger partial charge in [0.05, 0.1) is 12.0 Å². The smallest absolute Gasteiger partial charge is 0.265 e. The second-order valence-electron chi connectivity index (χ2n) is 3.63. The SMILES string of the molecule is COc1ccc(Br)cc1C=C1SC(=S)N(C)C1=O. The number of amides is 1. The van der Waals surface area contributed by atoms with Crippen molar-refractivity contribution in [3.05, 3.63) is 33.1 Å². The molecule has 1 saturated heterocycles. The Morgan fingerprint density at radius 1 is 1.50 bits per heavy atom. The Bertz CT molecular complexity index is 557. The molecule has 1 amide bonds. The lowest BCUT2D eigenvalue weighted by molar-refractivity contribution is -0.121. The van der Waals surface area contributed by atoms with Crippen LogP contribution in [0, 0.1) is 0 Å². The molecule has 0 saturated carbocycles. The number of nitrogens with zero attached hydrogens (tertiary/aromatic N) is 1. The van der Waals surface area contributed by atoms with E-state index in [1.165, 1.54) is 16.7 Å². The average molecular weight is 344 g/mol. The summed E-state index contributed by atoms with van der Waals surface area (Å²) in [6.07, 6.45) is 1.80. The molecule has 0 aromatic heterocycles. The molecule has 1 heterocycles. The van der Waals surface area contributed by atoms with Gasteiger partial charge in [0.2, 0.25) is 0 Å². The normalized spacial score (nSPS) is 17.7. The van der Waals surface area contributed by atoms with Crippen molar-refractivity contribution < 1.29 is 9.53 Å². The summed E-state index contributed by atoms with van der Waals surface area (Å²) in [4.78, 5) is 14.0. The molecule has 0 bridgehead atoms. The highest BCUT2D eigenvalue weighted by Crippen LogP contribution is 2.34. The highest BCUT2D eigenvalue weighted by Gasteiger charge is 2.28. The third kappa shape index (κ3) is 2.60. The number of ether oxygens (including phenoxy) is 1. The van der Waals surface area contributed by atoms with Crippen LogP contribution in [0.2, 0.25) is 0 Å². The number of likely N-dealkylation sites (N-methyl/N-ethyl adjacent to an activating group) is 1. The molecule has 1 aliphatic heterocycles. The second-order valence-corrected chi connectivity index (χ2v) is 6.22. The molecule has 1 fully saturated rings. The summed E-state index contributed by atoms with van der Waals surface area (Å²) in [5.41, 5.74) is 0.848. The summed E-state index contributed by atoms with van der Waals surface area (Å²) in [7, 11) is 3.28. The van der Waals surface area contributed by atoms with E-state index in [0.717, 1.165) is 15.8 Å². The van der Waals surface area contributed by atoms with Crippen molar-refractivity contribution in [2.24, 2.45) is 0 Å². The quantitative estimate of drug-likeness (QED) is 0.608. The Morgan fingerprint density at radius 3 is 2.78 bits per heavy atom. The number of rotatable bonds is 2. The number of halogens is 1. The lowest BCUT2D eigenvalue weighted by Crippen LogP contribution is -2.22. The fourth-order valence-corrected chi connectivity index (χ4v) is 3.05. The first kappa shape index (κ1) is 13.6. The summed E-state index contributed by atoms with van der Waals surface area (Å²) in [6, 6.07) is 5.64. The van der Waals surface area contributed by atoms with Crippen LogP contribution in [0.1, 0.15) is 5.56 Å². The molecule has 0 aliphatic carbocycles. The average Bonchev–Trinajstić information content (AvgIpc) is 2.57. The zero-order valence-corrected chi connectivity index (χ0v) is 13.0. The van der Waals surface area contributed by atoms with E-state index in [4.69, 9.17) is 17.0 Å². The number of thiocarbonyl (C=S) groups is 1. The molecular weight excluding hydrogens is 334 g/mol. The van der Waals surface area contributed by atoms with Crippen LogP contribution in [0.5, 0.6) is 5.75 Å². The Morgan fingerprint density at radius 2 is 2.22 bits per heavy atom. The Hall–Kier alpha value is -0.850. The van der Waals surface area contributed by atoms with Crippen LogP contribution in [0.25, 0.3) is 6.08 Å². The van der Waals surface area contributed by atoms with E-state index in [1.807, 2.05) is 18.2 Å². The highest BCUT2D eigenvalue weighted by molar-refractivity contribution is 9.10. The molecule has 0 atom stereocenters. The van der Waals surface area contributed by atoms with Crippen LogP contribution in [0.4, 0.5) is 0 Å². The zero-order valence-electron chi connectivity index (χ0n) is 9.77. The van der Waals surface area contributed by atoms with E-state index >= 15 is 0 Å². The summed E-state index contributed by atoms with van der Waals surface area (Å²) >= 11 is 9.79. The van der Waals surface area contributed by atoms with Gasteiger partial charge in [-0.15, -0.1) is 0 Å². The van der Waals surface area contributed by atoms with Gasteiger partial charge < -0.3 is 4.74 Å². The molecule has 3 nitrogen and oxygen atoms in total. The lowest BCUT2D eigenvalue weighted by atomic mass is 10.2. The minimum Gasteiger partial charge on any atom is -0.496 e. The first-order chi connectivity index (χ1) is 8.52. The number of hydrogen-bond acceptors (Lipinski definition) is 4. The first-order valence-corrected chi connectivity index (χ1v) is 7.10. The maximum absolute atomic E-state index is 11.9. The first-order valence-electron chi connectivity index (χ1n) is 5.08. The van der Waals surface area contributed by atoms with Gasteiger partial charge >= 0.3 is 0 Å². The minimum absolute atomic E-state index is 0.0768. The number of hydrogen-bond donors (Lipinski definition) is 0. The third-order valence-corrected chi connectivity index (χ3v) is 4.44. The van der Waals surface area contributed by atoms with Crippen molar-refractivity contribution in [2.75, 3.05) is 14.2 Å². The fraction of sp³-hybridized carbons (Fsp3) is 0.167. The molecule has 0 radical (unpaired) electrons. The molecule has 1 aromatic carbocycles. The summed E-state index contributed by atoms with van der Waals surface area (Å²) in [6.45, 7) is 0. The van der Waals surface area contributed by atoms with Gasteiger partial charge in [0, 0.05) is 17.1 Å².